The average molecular weight is 425 g/mol. The molecule has 1 atom stereocenters. The number of carbonyl (C=O) groups excluding carboxylic acids is 1. The standard InChI is InChI=1S/C24H32N4O3/c1-17-15-18(2)25-23(29)22(17)24(30)28-10-6-7-19(16-28)26-11-13-27(14-12-26)20-8-4-5-9-21(20)31-3/h4-5,8-9,15,19H,6-7,10-14,16H2,1-3H3,(H,25,29). The Labute approximate surface area is 183 Å². The lowest BCUT2D eigenvalue weighted by Crippen LogP contribution is -2.56. The van der Waals surface area contributed by atoms with E-state index in [0.29, 0.717) is 19.1 Å². The van der Waals surface area contributed by atoms with Crippen LogP contribution in [0.2, 0.25) is 0 Å². The number of aryl methyl sites for hydroxylation is 2. The number of piperidine rings is 1. The molecular weight excluding hydrogens is 392 g/mol. The molecule has 0 radical (unpaired) electrons. The second-order valence-electron chi connectivity index (χ2n) is 8.58. The minimum Gasteiger partial charge on any atom is -0.495 e. The monoisotopic (exact) mass is 424 g/mol. The van der Waals surface area contributed by atoms with E-state index in [1.54, 1.807) is 7.11 Å². The van der Waals surface area contributed by atoms with E-state index in [1.165, 1.54) is 0 Å². The zero-order valence-corrected chi connectivity index (χ0v) is 18.7. The summed E-state index contributed by atoms with van der Waals surface area (Å²) in [4.78, 5) is 35.1. The van der Waals surface area contributed by atoms with Crippen LogP contribution in [-0.2, 0) is 0 Å². The number of amides is 1. The summed E-state index contributed by atoms with van der Waals surface area (Å²) in [5, 5.41) is 0. The molecule has 1 aromatic heterocycles. The SMILES string of the molecule is COc1ccccc1N1CCN(C2CCCN(C(=O)c3c(C)cc(C)[nH]c3=O)C2)CC1. The van der Waals surface area contributed by atoms with Crippen LogP contribution in [0.3, 0.4) is 0 Å². The number of para-hydroxylation sites is 2. The highest BCUT2D eigenvalue weighted by Crippen LogP contribution is 2.29. The third-order valence-electron chi connectivity index (χ3n) is 6.52. The molecule has 7 heteroatoms. The van der Waals surface area contributed by atoms with Crippen molar-refractivity contribution in [3.8, 4) is 5.75 Å². The number of pyridine rings is 1. The number of ether oxygens (including phenoxy) is 1. The van der Waals surface area contributed by atoms with Gasteiger partial charge in [0, 0.05) is 51.0 Å². The van der Waals surface area contributed by atoms with Crippen LogP contribution >= 0.6 is 0 Å². The number of hydrogen-bond donors (Lipinski definition) is 1. The number of aromatic nitrogens is 1. The number of piperazine rings is 1. The highest BCUT2D eigenvalue weighted by molar-refractivity contribution is 5.95. The summed E-state index contributed by atoms with van der Waals surface area (Å²) in [6.45, 7) is 8.84. The zero-order valence-electron chi connectivity index (χ0n) is 18.7. The first-order valence-electron chi connectivity index (χ1n) is 11.1. The van der Waals surface area contributed by atoms with Gasteiger partial charge in [-0.1, -0.05) is 12.1 Å². The number of anilines is 1. The fourth-order valence-corrected chi connectivity index (χ4v) is 4.93. The van der Waals surface area contributed by atoms with Crippen molar-refractivity contribution in [2.75, 3.05) is 51.3 Å². The molecule has 0 aliphatic carbocycles. The quantitative estimate of drug-likeness (QED) is 0.817. The molecule has 1 N–H and O–H groups in total. The number of H-pyrrole nitrogens is 1. The zero-order chi connectivity index (χ0) is 22.0. The van der Waals surface area contributed by atoms with E-state index >= 15 is 0 Å². The van der Waals surface area contributed by atoms with Crippen molar-refractivity contribution < 1.29 is 9.53 Å². The Balaban J connectivity index is 1.41. The lowest BCUT2D eigenvalue weighted by Gasteiger charge is -2.44. The minimum atomic E-state index is -0.282. The fraction of sp³-hybridized carbons (Fsp3) is 0.500. The van der Waals surface area contributed by atoms with Crippen LogP contribution in [0, 0.1) is 13.8 Å². The summed E-state index contributed by atoms with van der Waals surface area (Å²) < 4.78 is 5.52. The summed E-state index contributed by atoms with van der Waals surface area (Å²) >= 11 is 0. The molecule has 0 spiro atoms. The Bertz CT molecular complexity index is 995. The Morgan fingerprint density at radius 3 is 2.55 bits per heavy atom. The molecule has 2 aliphatic rings. The number of aromatic amines is 1. The van der Waals surface area contributed by atoms with Crippen molar-refractivity contribution >= 4 is 11.6 Å². The van der Waals surface area contributed by atoms with Crippen LogP contribution in [0.25, 0.3) is 0 Å². The second kappa shape index (κ2) is 9.14. The van der Waals surface area contributed by atoms with Gasteiger partial charge in [0.05, 0.1) is 12.8 Å². The maximum atomic E-state index is 13.2. The largest absolute Gasteiger partial charge is 0.495 e. The number of hydrogen-bond acceptors (Lipinski definition) is 5. The molecule has 0 saturated carbocycles. The van der Waals surface area contributed by atoms with E-state index < -0.39 is 0 Å². The molecule has 2 aliphatic heterocycles. The first kappa shape index (κ1) is 21.4. The molecule has 1 aromatic carbocycles. The van der Waals surface area contributed by atoms with Gasteiger partial charge in [0.2, 0.25) is 0 Å². The Hall–Kier alpha value is -2.80. The molecule has 2 aromatic rings. The van der Waals surface area contributed by atoms with Gasteiger partial charge in [-0.3, -0.25) is 14.5 Å². The summed E-state index contributed by atoms with van der Waals surface area (Å²) in [5.41, 5.74) is 2.67. The number of methoxy groups -OCH3 is 1. The van der Waals surface area contributed by atoms with Gasteiger partial charge in [-0.15, -0.1) is 0 Å². The normalized spacial score (nSPS) is 20.0. The predicted molar refractivity (Wildman–Crippen MR) is 122 cm³/mol. The maximum Gasteiger partial charge on any atom is 0.261 e. The van der Waals surface area contributed by atoms with Crippen molar-refractivity contribution in [1.29, 1.82) is 0 Å². The van der Waals surface area contributed by atoms with E-state index in [1.807, 2.05) is 43.0 Å². The highest BCUT2D eigenvalue weighted by atomic mass is 16.5. The first-order chi connectivity index (χ1) is 15.0. The van der Waals surface area contributed by atoms with Crippen molar-refractivity contribution in [2.24, 2.45) is 0 Å². The third-order valence-corrected chi connectivity index (χ3v) is 6.52. The molecule has 166 valence electrons. The van der Waals surface area contributed by atoms with Crippen molar-refractivity contribution in [3.05, 3.63) is 57.5 Å². The average Bonchev–Trinajstić information content (AvgIpc) is 2.78. The topological polar surface area (TPSA) is 68.9 Å². The lowest BCUT2D eigenvalue weighted by atomic mass is 10.0. The summed E-state index contributed by atoms with van der Waals surface area (Å²) in [7, 11) is 1.71. The molecule has 2 fully saturated rings. The van der Waals surface area contributed by atoms with E-state index in [-0.39, 0.29) is 17.0 Å². The van der Waals surface area contributed by atoms with Gasteiger partial charge in [-0.05, 0) is 50.5 Å². The predicted octanol–water partition coefficient (Wildman–Crippen LogP) is 2.43. The molecule has 4 rings (SSSR count). The number of carbonyl (C=O) groups is 1. The molecular formula is C24H32N4O3. The van der Waals surface area contributed by atoms with Crippen LogP contribution in [0.4, 0.5) is 5.69 Å². The molecule has 31 heavy (non-hydrogen) atoms. The van der Waals surface area contributed by atoms with Crippen molar-refractivity contribution in [3.63, 3.8) is 0 Å². The second-order valence-corrected chi connectivity index (χ2v) is 8.58. The summed E-state index contributed by atoms with van der Waals surface area (Å²) in [5.74, 6) is 0.764. The molecule has 0 bridgehead atoms. The minimum absolute atomic E-state index is 0.142. The van der Waals surface area contributed by atoms with Crippen molar-refractivity contribution in [1.82, 2.24) is 14.8 Å². The molecule has 7 nitrogen and oxygen atoms in total. The van der Waals surface area contributed by atoms with Crippen LogP contribution in [0.5, 0.6) is 5.75 Å². The van der Waals surface area contributed by atoms with Gasteiger partial charge in [-0.25, -0.2) is 0 Å². The van der Waals surface area contributed by atoms with E-state index in [4.69, 9.17) is 4.74 Å². The van der Waals surface area contributed by atoms with Crippen LogP contribution in [0.15, 0.2) is 35.1 Å². The van der Waals surface area contributed by atoms with Crippen LogP contribution < -0.4 is 15.2 Å². The third kappa shape index (κ3) is 4.46. The molecule has 1 amide bonds. The van der Waals surface area contributed by atoms with Gasteiger partial charge < -0.3 is 19.5 Å². The maximum absolute atomic E-state index is 13.2. The highest BCUT2D eigenvalue weighted by Gasteiger charge is 2.32. The molecule has 1 unspecified atom stereocenters. The Morgan fingerprint density at radius 2 is 1.84 bits per heavy atom. The van der Waals surface area contributed by atoms with Gasteiger partial charge in [0.1, 0.15) is 11.3 Å². The van der Waals surface area contributed by atoms with Crippen molar-refractivity contribution in [2.45, 2.75) is 32.7 Å². The van der Waals surface area contributed by atoms with E-state index in [0.717, 1.165) is 61.7 Å². The number of likely N-dealkylation sites (tertiary alicyclic amines) is 1. The Kier molecular flexibility index (Phi) is 6.32. The fourth-order valence-electron chi connectivity index (χ4n) is 4.93. The summed E-state index contributed by atoms with van der Waals surface area (Å²) in [6.07, 6.45) is 2.05. The number of nitrogens with zero attached hydrogens (tertiary/aromatic N) is 3. The molecule has 3 heterocycles. The number of nitrogens with one attached hydrogen (secondary N) is 1. The molecule has 2 saturated heterocycles. The number of rotatable bonds is 4. The van der Waals surface area contributed by atoms with Crippen LogP contribution in [-0.4, -0.2) is 73.1 Å². The Morgan fingerprint density at radius 1 is 1.10 bits per heavy atom. The van der Waals surface area contributed by atoms with E-state index in [9.17, 15) is 9.59 Å². The van der Waals surface area contributed by atoms with Gasteiger partial charge in [0.25, 0.3) is 11.5 Å². The van der Waals surface area contributed by atoms with Gasteiger partial charge >= 0.3 is 0 Å². The smallest absolute Gasteiger partial charge is 0.261 e. The summed E-state index contributed by atoms with van der Waals surface area (Å²) in [6, 6.07) is 10.4. The lowest BCUT2D eigenvalue weighted by molar-refractivity contribution is 0.0561. The van der Waals surface area contributed by atoms with Gasteiger partial charge in [-0.2, -0.15) is 0 Å². The number of benzene rings is 1. The first-order valence-corrected chi connectivity index (χ1v) is 11.1. The van der Waals surface area contributed by atoms with Gasteiger partial charge in [0.15, 0.2) is 0 Å². The van der Waals surface area contributed by atoms with Crippen LogP contribution in [0.1, 0.15) is 34.5 Å². The van der Waals surface area contributed by atoms with E-state index in [2.05, 4.69) is 20.9 Å².